The highest BCUT2D eigenvalue weighted by Gasteiger charge is 2.34. The molecule has 2 unspecified atom stereocenters. The normalized spacial score (nSPS) is 26.5. The lowest BCUT2D eigenvalue weighted by atomic mass is 9.69. The fourth-order valence-electron chi connectivity index (χ4n) is 2.70. The van der Waals surface area contributed by atoms with Crippen LogP contribution in [0.4, 0.5) is 0 Å². The fraction of sp³-hybridized carbons (Fsp3) is 0.923. The van der Waals surface area contributed by atoms with Gasteiger partial charge in [0.2, 0.25) is 5.91 Å². The van der Waals surface area contributed by atoms with E-state index in [-0.39, 0.29) is 5.91 Å². The Bertz CT molecular complexity index is 235. The first kappa shape index (κ1) is 14.0. The quantitative estimate of drug-likeness (QED) is 0.792. The highest BCUT2D eigenvalue weighted by atomic mass is 79.9. The Labute approximate surface area is 108 Å². The van der Waals surface area contributed by atoms with E-state index < -0.39 is 0 Å². The molecule has 0 spiro atoms. The lowest BCUT2D eigenvalue weighted by molar-refractivity contribution is -0.122. The van der Waals surface area contributed by atoms with Crippen molar-refractivity contribution in [3.8, 4) is 0 Å². The van der Waals surface area contributed by atoms with Crippen LogP contribution in [0.15, 0.2) is 0 Å². The minimum atomic E-state index is 0.193. The topological polar surface area (TPSA) is 29.1 Å². The number of rotatable bonds is 3. The Morgan fingerprint density at radius 1 is 1.31 bits per heavy atom. The van der Waals surface area contributed by atoms with Crippen LogP contribution >= 0.6 is 15.9 Å². The molecular weight excluding hydrogens is 266 g/mol. The molecule has 0 radical (unpaired) electrons. The molecule has 0 bridgehead atoms. The van der Waals surface area contributed by atoms with Crippen molar-refractivity contribution in [2.75, 3.05) is 5.33 Å². The van der Waals surface area contributed by atoms with Gasteiger partial charge in [0.05, 0.1) is 0 Å². The number of alkyl halides is 1. The molecule has 1 N–H and O–H groups in total. The Morgan fingerprint density at radius 3 is 2.50 bits per heavy atom. The van der Waals surface area contributed by atoms with Crippen molar-refractivity contribution in [2.24, 2.45) is 11.3 Å². The van der Waals surface area contributed by atoms with Gasteiger partial charge in [-0.3, -0.25) is 4.79 Å². The van der Waals surface area contributed by atoms with Gasteiger partial charge >= 0.3 is 0 Å². The summed E-state index contributed by atoms with van der Waals surface area (Å²) in [5.41, 5.74) is 0.298. The summed E-state index contributed by atoms with van der Waals surface area (Å²) in [5.74, 6) is 0.818. The van der Waals surface area contributed by atoms with E-state index in [1.807, 2.05) is 0 Å². The maximum absolute atomic E-state index is 11.6. The molecule has 0 aromatic rings. The summed E-state index contributed by atoms with van der Waals surface area (Å²) < 4.78 is 0. The van der Waals surface area contributed by atoms with Crippen LogP contribution in [-0.4, -0.2) is 17.3 Å². The first-order valence-electron chi connectivity index (χ1n) is 6.30. The molecule has 0 aromatic heterocycles. The molecule has 2 atom stereocenters. The van der Waals surface area contributed by atoms with Gasteiger partial charge in [0.25, 0.3) is 0 Å². The van der Waals surface area contributed by atoms with Crippen molar-refractivity contribution in [3.05, 3.63) is 0 Å². The summed E-state index contributed by atoms with van der Waals surface area (Å²) in [4.78, 5) is 11.6. The number of hydrogen-bond donors (Lipinski definition) is 1. The van der Waals surface area contributed by atoms with Crippen LogP contribution in [0.25, 0.3) is 0 Å². The lowest BCUT2D eigenvalue weighted by Gasteiger charge is -2.40. The second-order valence-electron chi connectivity index (χ2n) is 5.87. The highest BCUT2D eigenvalue weighted by Crippen LogP contribution is 2.37. The van der Waals surface area contributed by atoms with Gasteiger partial charge in [0, 0.05) is 17.8 Å². The summed E-state index contributed by atoms with van der Waals surface area (Å²) in [6.45, 7) is 6.85. The van der Waals surface area contributed by atoms with Crippen LogP contribution in [0.1, 0.15) is 52.9 Å². The molecule has 2 nitrogen and oxygen atoms in total. The van der Waals surface area contributed by atoms with Gasteiger partial charge in [0.1, 0.15) is 0 Å². The standard InChI is InChI=1S/C13H24BrNO/c1-13(2,3)10-6-4-5-7-11(10)15-12(16)8-9-14/h10-11H,4-9H2,1-3H3,(H,15,16). The van der Waals surface area contributed by atoms with Crippen LogP contribution in [0.5, 0.6) is 0 Å². The van der Waals surface area contributed by atoms with E-state index >= 15 is 0 Å². The van der Waals surface area contributed by atoms with Crippen molar-refractivity contribution < 1.29 is 4.79 Å². The van der Waals surface area contributed by atoms with Gasteiger partial charge in [-0.05, 0) is 24.2 Å². The average molecular weight is 290 g/mol. The van der Waals surface area contributed by atoms with Crippen molar-refractivity contribution in [1.29, 1.82) is 0 Å². The van der Waals surface area contributed by atoms with E-state index in [4.69, 9.17) is 0 Å². The fourth-order valence-corrected chi connectivity index (χ4v) is 3.07. The Hall–Kier alpha value is -0.0500. The molecule has 16 heavy (non-hydrogen) atoms. The van der Waals surface area contributed by atoms with E-state index in [9.17, 15) is 4.79 Å². The Morgan fingerprint density at radius 2 is 1.94 bits per heavy atom. The molecule has 1 fully saturated rings. The molecule has 0 aliphatic heterocycles. The van der Waals surface area contributed by atoms with E-state index in [1.165, 1.54) is 19.3 Å². The number of carbonyl (C=O) groups excluding carboxylic acids is 1. The molecule has 1 saturated carbocycles. The van der Waals surface area contributed by atoms with Crippen LogP contribution in [-0.2, 0) is 4.79 Å². The van der Waals surface area contributed by atoms with Gasteiger partial charge in [-0.25, -0.2) is 0 Å². The summed E-state index contributed by atoms with van der Waals surface area (Å²) in [5, 5.41) is 3.96. The second-order valence-corrected chi connectivity index (χ2v) is 6.66. The van der Waals surface area contributed by atoms with Gasteiger partial charge in [-0.15, -0.1) is 0 Å². The van der Waals surface area contributed by atoms with Gasteiger partial charge < -0.3 is 5.32 Å². The maximum Gasteiger partial charge on any atom is 0.221 e. The zero-order chi connectivity index (χ0) is 12.2. The van der Waals surface area contributed by atoms with E-state index in [2.05, 4.69) is 42.0 Å². The molecule has 0 saturated heterocycles. The van der Waals surface area contributed by atoms with Crippen LogP contribution in [0, 0.1) is 11.3 Å². The molecule has 1 aliphatic rings. The zero-order valence-corrected chi connectivity index (χ0v) is 12.3. The lowest BCUT2D eigenvalue weighted by Crippen LogP contribution is -2.46. The summed E-state index contributed by atoms with van der Waals surface area (Å²) >= 11 is 3.31. The van der Waals surface area contributed by atoms with Crippen LogP contribution in [0.2, 0.25) is 0 Å². The molecule has 1 aliphatic carbocycles. The molecule has 1 amide bonds. The second kappa shape index (κ2) is 6.04. The molecule has 94 valence electrons. The van der Waals surface area contributed by atoms with E-state index in [0.717, 1.165) is 11.8 Å². The molecule has 1 rings (SSSR count). The Kier molecular flexibility index (Phi) is 5.29. The molecule has 3 heteroatoms. The number of hydrogen-bond acceptors (Lipinski definition) is 1. The number of nitrogens with one attached hydrogen (secondary N) is 1. The van der Waals surface area contributed by atoms with Crippen molar-refractivity contribution in [2.45, 2.75) is 58.9 Å². The van der Waals surface area contributed by atoms with Crippen molar-refractivity contribution in [3.63, 3.8) is 0 Å². The third-order valence-corrected chi connectivity index (χ3v) is 3.94. The smallest absolute Gasteiger partial charge is 0.221 e. The summed E-state index contributed by atoms with van der Waals surface area (Å²) in [7, 11) is 0. The summed E-state index contributed by atoms with van der Waals surface area (Å²) in [6, 6.07) is 0.389. The maximum atomic E-state index is 11.6. The van der Waals surface area contributed by atoms with Gasteiger partial charge in [0.15, 0.2) is 0 Å². The van der Waals surface area contributed by atoms with E-state index in [1.54, 1.807) is 0 Å². The number of amides is 1. The minimum absolute atomic E-state index is 0.193. The molecular formula is C13H24BrNO. The van der Waals surface area contributed by atoms with Crippen molar-refractivity contribution >= 4 is 21.8 Å². The monoisotopic (exact) mass is 289 g/mol. The predicted molar refractivity (Wildman–Crippen MR) is 71.8 cm³/mol. The van der Waals surface area contributed by atoms with Crippen LogP contribution < -0.4 is 5.32 Å². The third-order valence-electron chi connectivity index (χ3n) is 3.55. The first-order valence-corrected chi connectivity index (χ1v) is 7.42. The SMILES string of the molecule is CC(C)(C)C1CCCCC1NC(=O)CCBr. The molecule has 0 aromatic carbocycles. The molecule has 0 heterocycles. The third kappa shape index (κ3) is 4.08. The van der Waals surface area contributed by atoms with Crippen molar-refractivity contribution in [1.82, 2.24) is 5.32 Å². The predicted octanol–water partition coefficient (Wildman–Crippen LogP) is 3.49. The summed E-state index contributed by atoms with van der Waals surface area (Å²) in [6.07, 6.45) is 5.56. The zero-order valence-electron chi connectivity index (χ0n) is 10.7. The van der Waals surface area contributed by atoms with E-state index in [0.29, 0.717) is 23.8 Å². The number of halogens is 1. The number of carbonyl (C=O) groups is 1. The van der Waals surface area contributed by atoms with Gasteiger partial charge in [-0.2, -0.15) is 0 Å². The van der Waals surface area contributed by atoms with Gasteiger partial charge in [-0.1, -0.05) is 49.5 Å². The van der Waals surface area contributed by atoms with Crippen LogP contribution in [0.3, 0.4) is 0 Å². The highest BCUT2D eigenvalue weighted by molar-refractivity contribution is 9.09. The first-order chi connectivity index (χ1) is 7.45. The minimum Gasteiger partial charge on any atom is -0.353 e. The largest absolute Gasteiger partial charge is 0.353 e. The Balaban J connectivity index is 2.57. The average Bonchev–Trinajstić information content (AvgIpc) is 2.17.